The average Bonchev–Trinajstić information content (AvgIpc) is 3.47. The number of amides is 1. The van der Waals surface area contributed by atoms with Crippen molar-refractivity contribution in [1.82, 2.24) is 15.2 Å². The van der Waals surface area contributed by atoms with E-state index in [0.717, 1.165) is 41.4 Å². The standard InChI is InChI=1S/C23H24F3N3O/c24-23(25,26)18-7-5-16(6-8-18)15-29(22(30)14-27-19-9-10-19)12-11-17-13-28-21-4-2-1-3-20(17)21/h1-8,13,19,27-28H,9-12,14-15H2. The summed E-state index contributed by atoms with van der Waals surface area (Å²) in [6.07, 6.45) is 0.425. The molecule has 1 saturated carbocycles. The Morgan fingerprint density at radius 1 is 1.10 bits per heavy atom. The molecule has 158 valence electrons. The lowest BCUT2D eigenvalue weighted by atomic mass is 10.1. The van der Waals surface area contributed by atoms with E-state index in [9.17, 15) is 18.0 Å². The fraction of sp³-hybridized carbons (Fsp3) is 0.348. The molecule has 1 heterocycles. The molecule has 1 aliphatic rings. The van der Waals surface area contributed by atoms with Crippen molar-refractivity contribution >= 4 is 16.8 Å². The number of rotatable bonds is 8. The Balaban J connectivity index is 1.46. The van der Waals surface area contributed by atoms with E-state index in [2.05, 4.69) is 10.3 Å². The molecule has 1 aliphatic carbocycles. The largest absolute Gasteiger partial charge is 0.416 e. The highest BCUT2D eigenvalue weighted by atomic mass is 19.4. The van der Waals surface area contributed by atoms with Gasteiger partial charge >= 0.3 is 6.18 Å². The Morgan fingerprint density at radius 3 is 2.53 bits per heavy atom. The number of aromatic amines is 1. The van der Waals surface area contributed by atoms with Gasteiger partial charge < -0.3 is 15.2 Å². The van der Waals surface area contributed by atoms with Crippen LogP contribution in [0.4, 0.5) is 13.2 Å². The molecule has 2 N–H and O–H groups in total. The van der Waals surface area contributed by atoms with Crippen LogP contribution in [0.5, 0.6) is 0 Å². The Labute approximate surface area is 173 Å². The Kier molecular flexibility index (Phi) is 5.81. The smallest absolute Gasteiger partial charge is 0.361 e. The second-order valence-electron chi connectivity index (χ2n) is 7.77. The molecule has 0 spiro atoms. The molecule has 4 rings (SSSR count). The normalized spacial score (nSPS) is 14.2. The Hall–Kier alpha value is -2.80. The molecule has 0 atom stereocenters. The predicted molar refractivity (Wildman–Crippen MR) is 110 cm³/mol. The fourth-order valence-corrected chi connectivity index (χ4v) is 3.54. The molecule has 0 saturated heterocycles. The van der Waals surface area contributed by atoms with E-state index in [1.54, 1.807) is 4.90 Å². The van der Waals surface area contributed by atoms with Gasteiger partial charge in [0.1, 0.15) is 0 Å². The summed E-state index contributed by atoms with van der Waals surface area (Å²) < 4.78 is 38.5. The molecule has 0 radical (unpaired) electrons. The maximum Gasteiger partial charge on any atom is 0.416 e. The van der Waals surface area contributed by atoms with Crippen LogP contribution in [0.3, 0.4) is 0 Å². The molecule has 7 heteroatoms. The number of H-pyrrole nitrogens is 1. The summed E-state index contributed by atoms with van der Waals surface area (Å²) in [5.74, 6) is -0.0401. The first-order valence-electron chi connectivity index (χ1n) is 10.1. The van der Waals surface area contributed by atoms with Crippen LogP contribution in [0.1, 0.15) is 29.5 Å². The number of hydrogen-bond donors (Lipinski definition) is 2. The van der Waals surface area contributed by atoms with E-state index in [1.165, 1.54) is 12.1 Å². The molecule has 30 heavy (non-hydrogen) atoms. The zero-order valence-electron chi connectivity index (χ0n) is 16.5. The van der Waals surface area contributed by atoms with E-state index >= 15 is 0 Å². The fourth-order valence-electron chi connectivity index (χ4n) is 3.54. The third kappa shape index (κ3) is 5.02. The molecule has 3 aromatic rings. The summed E-state index contributed by atoms with van der Waals surface area (Å²) in [6.45, 7) is 1.03. The quantitative estimate of drug-likeness (QED) is 0.569. The van der Waals surface area contributed by atoms with Gasteiger partial charge in [-0.1, -0.05) is 30.3 Å². The van der Waals surface area contributed by atoms with Crippen LogP contribution in [0.25, 0.3) is 10.9 Å². The summed E-state index contributed by atoms with van der Waals surface area (Å²) in [4.78, 5) is 17.8. The van der Waals surface area contributed by atoms with E-state index in [0.29, 0.717) is 24.6 Å². The van der Waals surface area contributed by atoms with Crippen LogP contribution in [0.2, 0.25) is 0 Å². The summed E-state index contributed by atoms with van der Waals surface area (Å²) in [5.41, 5.74) is 2.16. The van der Waals surface area contributed by atoms with Crippen LogP contribution in [0, 0.1) is 0 Å². The number of nitrogens with zero attached hydrogens (tertiary/aromatic N) is 1. The summed E-state index contributed by atoms with van der Waals surface area (Å²) in [6, 6.07) is 13.4. The summed E-state index contributed by atoms with van der Waals surface area (Å²) >= 11 is 0. The van der Waals surface area contributed by atoms with Crippen LogP contribution in [-0.2, 0) is 23.9 Å². The van der Waals surface area contributed by atoms with E-state index in [1.807, 2.05) is 30.5 Å². The molecular formula is C23H24F3N3O. The first kappa shape index (κ1) is 20.5. The monoisotopic (exact) mass is 415 g/mol. The number of benzene rings is 2. The molecule has 1 aromatic heterocycles. The van der Waals surface area contributed by atoms with Crippen molar-refractivity contribution in [3.63, 3.8) is 0 Å². The number of halogens is 3. The highest BCUT2D eigenvalue weighted by molar-refractivity contribution is 5.83. The van der Waals surface area contributed by atoms with Gasteiger partial charge in [-0.15, -0.1) is 0 Å². The second kappa shape index (κ2) is 8.52. The SMILES string of the molecule is O=C(CNC1CC1)N(CCc1c[nH]c2ccccc12)Cc1ccc(C(F)(F)F)cc1. The van der Waals surface area contributed by atoms with Crippen molar-refractivity contribution in [2.24, 2.45) is 0 Å². The zero-order chi connectivity index (χ0) is 21.1. The number of hydrogen-bond acceptors (Lipinski definition) is 2. The minimum absolute atomic E-state index is 0.0401. The molecule has 2 aromatic carbocycles. The van der Waals surface area contributed by atoms with E-state index < -0.39 is 11.7 Å². The number of aromatic nitrogens is 1. The van der Waals surface area contributed by atoms with Crippen LogP contribution < -0.4 is 5.32 Å². The molecule has 4 nitrogen and oxygen atoms in total. The van der Waals surface area contributed by atoms with E-state index in [-0.39, 0.29) is 19.0 Å². The highest BCUT2D eigenvalue weighted by Crippen LogP contribution is 2.29. The van der Waals surface area contributed by atoms with Crippen LogP contribution >= 0.6 is 0 Å². The minimum Gasteiger partial charge on any atom is -0.361 e. The van der Waals surface area contributed by atoms with Crippen molar-refractivity contribution in [3.8, 4) is 0 Å². The summed E-state index contributed by atoms with van der Waals surface area (Å²) in [7, 11) is 0. The second-order valence-corrected chi connectivity index (χ2v) is 7.77. The predicted octanol–water partition coefficient (Wildman–Crippen LogP) is 4.51. The molecular weight excluding hydrogens is 391 g/mol. The van der Waals surface area contributed by atoms with Crippen molar-refractivity contribution in [3.05, 3.63) is 71.4 Å². The maximum atomic E-state index is 12.8. The number of alkyl halides is 3. The summed E-state index contributed by atoms with van der Waals surface area (Å²) in [5, 5.41) is 4.35. The molecule has 0 unspecified atom stereocenters. The van der Waals surface area contributed by atoms with Gasteiger partial charge in [0.05, 0.1) is 12.1 Å². The Bertz CT molecular complexity index is 1010. The maximum absolute atomic E-state index is 12.8. The van der Waals surface area contributed by atoms with Crippen molar-refractivity contribution in [1.29, 1.82) is 0 Å². The number of carbonyl (C=O) groups excluding carboxylic acids is 1. The number of para-hydroxylation sites is 1. The lowest BCUT2D eigenvalue weighted by Crippen LogP contribution is -2.39. The van der Waals surface area contributed by atoms with Crippen molar-refractivity contribution in [2.45, 2.75) is 38.0 Å². The number of carbonyl (C=O) groups is 1. The molecule has 0 aliphatic heterocycles. The van der Waals surface area contributed by atoms with Gasteiger partial charge in [0.15, 0.2) is 0 Å². The Morgan fingerprint density at radius 2 is 1.83 bits per heavy atom. The third-order valence-corrected chi connectivity index (χ3v) is 5.45. The zero-order valence-corrected chi connectivity index (χ0v) is 16.5. The topological polar surface area (TPSA) is 48.1 Å². The van der Waals surface area contributed by atoms with Gasteiger partial charge in [0.2, 0.25) is 5.91 Å². The van der Waals surface area contributed by atoms with Gasteiger partial charge in [-0.25, -0.2) is 0 Å². The number of fused-ring (bicyclic) bond motifs is 1. The lowest BCUT2D eigenvalue weighted by Gasteiger charge is -2.23. The first-order valence-corrected chi connectivity index (χ1v) is 10.1. The lowest BCUT2D eigenvalue weighted by molar-refractivity contribution is -0.137. The third-order valence-electron chi connectivity index (χ3n) is 5.45. The average molecular weight is 415 g/mol. The van der Waals surface area contributed by atoms with Gasteiger partial charge in [0, 0.05) is 36.2 Å². The van der Waals surface area contributed by atoms with Crippen molar-refractivity contribution in [2.75, 3.05) is 13.1 Å². The van der Waals surface area contributed by atoms with E-state index in [4.69, 9.17) is 0 Å². The van der Waals surface area contributed by atoms with Gasteiger partial charge in [-0.2, -0.15) is 13.2 Å². The van der Waals surface area contributed by atoms with Gasteiger partial charge in [-0.3, -0.25) is 4.79 Å². The van der Waals surface area contributed by atoms with Crippen molar-refractivity contribution < 1.29 is 18.0 Å². The molecule has 0 bridgehead atoms. The van der Waals surface area contributed by atoms with Crippen LogP contribution in [-0.4, -0.2) is 34.9 Å². The van der Waals surface area contributed by atoms with Gasteiger partial charge in [-0.05, 0) is 48.6 Å². The highest BCUT2D eigenvalue weighted by Gasteiger charge is 2.30. The molecule has 1 fully saturated rings. The minimum atomic E-state index is -4.36. The van der Waals surface area contributed by atoms with Gasteiger partial charge in [0.25, 0.3) is 0 Å². The van der Waals surface area contributed by atoms with Crippen LogP contribution in [0.15, 0.2) is 54.7 Å². The first-order chi connectivity index (χ1) is 14.4. The molecule has 1 amide bonds. The number of nitrogens with one attached hydrogen (secondary N) is 2.